The average Bonchev–Trinajstić information content (AvgIpc) is 2.89. The predicted octanol–water partition coefficient (Wildman–Crippen LogP) is 2.26. The van der Waals surface area contributed by atoms with Crippen LogP contribution in [0.25, 0.3) is 33.3 Å². The SMILES string of the molecule is Nc1c(N=Nc2ccc(-c3cccnc3)nc2-c2cccnc2)cc(S(=O)(=O)[O-])c2ccccc12.[Na+]. The third-order valence-electron chi connectivity index (χ3n) is 5.33. The first kappa shape index (κ1) is 25.5. The number of aromatic nitrogens is 3. The molecule has 172 valence electrons. The number of nitrogens with zero attached hydrogens (tertiary/aromatic N) is 5. The molecule has 0 atom stereocenters. The molecule has 11 heteroatoms. The van der Waals surface area contributed by atoms with E-state index >= 15 is 0 Å². The molecule has 5 rings (SSSR count). The summed E-state index contributed by atoms with van der Waals surface area (Å²) >= 11 is 0. The summed E-state index contributed by atoms with van der Waals surface area (Å²) in [7, 11) is -4.77. The molecular weight excluding hydrogens is 487 g/mol. The first-order chi connectivity index (χ1) is 16.9. The Morgan fingerprint density at radius 1 is 0.778 bits per heavy atom. The van der Waals surface area contributed by atoms with Gasteiger partial charge in [0, 0.05) is 46.7 Å². The number of hydrogen-bond acceptors (Lipinski definition) is 9. The molecule has 5 aromatic rings. The van der Waals surface area contributed by atoms with E-state index in [1.165, 1.54) is 6.07 Å². The van der Waals surface area contributed by atoms with Gasteiger partial charge in [0.2, 0.25) is 0 Å². The number of nitrogens with two attached hydrogens (primary N) is 1. The van der Waals surface area contributed by atoms with Gasteiger partial charge < -0.3 is 10.3 Å². The smallest absolute Gasteiger partial charge is 0.744 e. The van der Waals surface area contributed by atoms with Crippen molar-refractivity contribution in [3.8, 4) is 22.5 Å². The number of benzene rings is 2. The molecule has 0 fully saturated rings. The third-order valence-corrected chi connectivity index (χ3v) is 6.20. The normalized spacial score (nSPS) is 11.5. The molecule has 36 heavy (non-hydrogen) atoms. The number of anilines is 1. The molecule has 0 spiro atoms. The minimum Gasteiger partial charge on any atom is -0.744 e. The minimum atomic E-state index is -4.77. The van der Waals surface area contributed by atoms with Crippen LogP contribution in [0.15, 0.2) is 107 Å². The van der Waals surface area contributed by atoms with Gasteiger partial charge in [0.15, 0.2) is 0 Å². The van der Waals surface area contributed by atoms with Crippen LogP contribution in [-0.4, -0.2) is 27.9 Å². The van der Waals surface area contributed by atoms with Gasteiger partial charge in [-0.2, -0.15) is 0 Å². The molecule has 0 amide bonds. The van der Waals surface area contributed by atoms with Crippen molar-refractivity contribution < 1.29 is 42.5 Å². The molecule has 2 aromatic carbocycles. The Morgan fingerprint density at radius 3 is 2.06 bits per heavy atom. The van der Waals surface area contributed by atoms with Crippen LogP contribution in [0.1, 0.15) is 0 Å². The van der Waals surface area contributed by atoms with Crippen molar-refractivity contribution in [3.63, 3.8) is 0 Å². The van der Waals surface area contributed by atoms with Gasteiger partial charge >= 0.3 is 29.6 Å². The molecule has 9 nitrogen and oxygen atoms in total. The van der Waals surface area contributed by atoms with E-state index in [1.807, 2.05) is 18.2 Å². The van der Waals surface area contributed by atoms with E-state index in [4.69, 9.17) is 10.7 Å². The van der Waals surface area contributed by atoms with Crippen molar-refractivity contribution in [2.24, 2.45) is 10.2 Å². The van der Waals surface area contributed by atoms with Gasteiger partial charge in [-0.15, -0.1) is 10.2 Å². The van der Waals surface area contributed by atoms with E-state index in [-0.39, 0.29) is 46.3 Å². The van der Waals surface area contributed by atoms with Crippen molar-refractivity contribution in [2.75, 3.05) is 5.73 Å². The fourth-order valence-corrected chi connectivity index (χ4v) is 4.37. The van der Waals surface area contributed by atoms with Gasteiger partial charge in [0.05, 0.1) is 22.0 Å². The van der Waals surface area contributed by atoms with E-state index in [2.05, 4.69) is 20.2 Å². The second kappa shape index (κ2) is 10.6. The molecule has 0 radical (unpaired) electrons. The summed E-state index contributed by atoms with van der Waals surface area (Å²) < 4.78 is 35.7. The Balaban J connectivity index is 0.00000304. The van der Waals surface area contributed by atoms with Gasteiger partial charge in [0.1, 0.15) is 21.5 Å². The number of rotatable bonds is 5. The standard InChI is InChI=1S/C25H18N6O3S.Na/c26-24-19-8-2-1-7-18(19)23(35(32,33)34)13-22(24)31-30-21-10-9-20(16-5-3-11-27-14-16)29-25(21)17-6-4-12-28-15-17;/h1-15H,26H2,(H,32,33,34);/q;+1/p-1. The molecule has 0 saturated carbocycles. The van der Waals surface area contributed by atoms with E-state index in [9.17, 15) is 13.0 Å². The Kier molecular flexibility index (Phi) is 7.53. The number of hydrogen-bond donors (Lipinski definition) is 1. The zero-order valence-electron chi connectivity index (χ0n) is 19.1. The number of nitrogen functional groups attached to an aromatic ring is 1. The van der Waals surface area contributed by atoms with Crippen molar-refractivity contribution in [1.29, 1.82) is 0 Å². The minimum absolute atomic E-state index is 0. The maximum atomic E-state index is 11.9. The van der Waals surface area contributed by atoms with E-state index in [0.717, 1.165) is 11.6 Å². The summed E-state index contributed by atoms with van der Waals surface area (Å²) in [6.07, 6.45) is 6.69. The Labute approximate surface area is 229 Å². The molecule has 0 unspecified atom stereocenters. The van der Waals surface area contributed by atoms with Gasteiger partial charge in [-0.3, -0.25) is 9.97 Å². The first-order valence-corrected chi connectivity index (χ1v) is 11.8. The summed E-state index contributed by atoms with van der Waals surface area (Å²) in [5, 5.41) is 9.17. The van der Waals surface area contributed by atoms with Crippen LogP contribution in [-0.2, 0) is 10.1 Å². The number of pyridine rings is 3. The molecule has 0 saturated heterocycles. The number of azo groups is 1. The fraction of sp³-hybridized carbons (Fsp3) is 0. The summed E-state index contributed by atoms with van der Waals surface area (Å²) in [5.74, 6) is 0. The molecule has 0 aliphatic carbocycles. The van der Waals surface area contributed by atoms with Crippen molar-refractivity contribution >= 4 is 38.0 Å². The largest absolute Gasteiger partial charge is 1.00 e. The van der Waals surface area contributed by atoms with Crippen molar-refractivity contribution in [1.82, 2.24) is 15.0 Å². The second-order valence-electron chi connectivity index (χ2n) is 7.55. The van der Waals surface area contributed by atoms with Gasteiger partial charge in [-0.25, -0.2) is 13.4 Å². The Bertz CT molecular complexity index is 1680. The van der Waals surface area contributed by atoms with Crippen LogP contribution in [0.5, 0.6) is 0 Å². The molecule has 2 N–H and O–H groups in total. The van der Waals surface area contributed by atoms with Gasteiger partial charge in [-0.1, -0.05) is 24.3 Å². The maximum Gasteiger partial charge on any atom is 1.00 e. The van der Waals surface area contributed by atoms with Crippen LogP contribution >= 0.6 is 0 Å². The van der Waals surface area contributed by atoms with Crippen LogP contribution < -0.4 is 35.3 Å². The molecule has 0 aliphatic heterocycles. The summed E-state index contributed by atoms with van der Waals surface area (Å²) in [6, 6.07) is 18.5. The van der Waals surface area contributed by atoms with Crippen LogP contribution in [0, 0.1) is 0 Å². The Morgan fingerprint density at radius 2 is 1.42 bits per heavy atom. The van der Waals surface area contributed by atoms with Crippen LogP contribution in [0.2, 0.25) is 0 Å². The van der Waals surface area contributed by atoms with E-state index in [0.29, 0.717) is 28.0 Å². The molecule has 0 aliphatic rings. The summed E-state index contributed by atoms with van der Waals surface area (Å²) in [4.78, 5) is 12.6. The maximum absolute atomic E-state index is 11.9. The Hall–Kier alpha value is -3.54. The summed E-state index contributed by atoms with van der Waals surface area (Å²) in [5.41, 5.74) is 9.67. The topological polar surface area (TPSA) is 147 Å². The third kappa shape index (κ3) is 5.18. The number of fused-ring (bicyclic) bond motifs is 1. The molecular formula is C25H17N6NaO3S. The summed E-state index contributed by atoms with van der Waals surface area (Å²) in [6.45, 7) is 0. The van der Waals surface area contributed by atoms with Crippen LogP contribution in [0.3, 0.4) is 0 Å². The van der Waals surface area contributed by atoms with Crippen LogP contribution in [0.4, 0.5) is 17.1 Å². The monoisotopic (exact) mass is 504 g/mol. The van der Waals surface area contributed by atoms with E-state index < -0.39 is 15.0 Å². The second-order valence-corrected chi connectivity index (χ2v) is 8.90. The van der Waals surface area contributed by atoms with E-state index in [1.54, 1.807) is 61.2 Å². The first-order valence-electron chi connectivity index (χ1n) is 10.4. The average molecular weight is 505 g/mol. The zero-order chi connectivity index (χ0) is 24.4. The predicted molar refractivity (Wildman–Crippen MR) is 131 cm³/mol. The van der Waals surface area contributed by atoms with Crippen molar-refractivity contribution in [3.05, 3.63) is 91.5 Å². The van der Waals surface area contributed by atoms with Gasteiger partial charge in [-0.05, 0) is 42.5 Å². The quantitative estimate of drug-likeness (QED) is 0.167. The zero-order valence-corrected chi connectivity index (χ0v) is 21.9. The van der Waals surface area contributed by atoms with Gasteiger partial charge in [0.25, 0.3) is 0 Å². The molecule has 3 heterocycles. The van der Waals surface area contributed by atoms with Crippen molar-refractivity contribution in [2.45, 2.75) is 4.90 Å². The molecule has 3 aromatic heterocycles. The molecule has 0 bridgehead atoms. The fourth-order valence-electron chi connectivity index (χ4n) is 3.67.